The molecule has 0 bridgehead atoms. The zero-order valence-electron chi connectivity index (χ0n) is 11.0. The Bertz CT molecular complexity index is 585. The maximum absolute atomic E-state index is 10.8. The van der Waals surface area contributed by atoms with Crippen LogP contribution < -0.4 is 4.74 Å². The Hall–Kier alpha value is -2.29. The Morgan fingerprint density at radius 3 is 2.32 bits per heavy atom. The summed E-state index contributed by atoms with van der Waals surface area (Å²) in [6.45, 7) is 4.18. The summed E-state index contributed by atoms with van der Waals surface area (Å²) in [6.07, 6.45) is 0.959. The zero-order chi connectivity index (χ0) is 13.8. The van der Waals surface area contributed by atoms with Gasteiger partial charge in [0, 0.05) is 0 Å². The van der Waals surface area contributed by atoms with E-state index in [0.29, 0.717) is 5.75 Å². The van der Waals surface area contributed by atoms with Gasteiger partial charge in [-0.3, -0.25) is 0 Å². The first-order valence-electron chi connectivity index (χ1n) is 6.21. The van der Waals surface area contributed by atoms with Gasteiger partial charge < -0.3 is 9.84 Å². The highest BCUT2D eigenvalue weighted by molar-refractivity contribution is 5.87. The summed E-state index contributed by atoms with van der Waals surface area (Å²) >= 11 is 0. The molecule has 3 nitrogen and oxygen atoms in total. The lowest BCUT2D eigenvalue weighted by molar-refractivity contribution is 0.0697. The van der Waals surface area contributed by atoms with Gasteiger partial charge in [0.2, 0.25) is 0 Å². The maximum Gasteiger partial charge on any atom is 0.335 e. The topological polar surface area (TPSA) is 46.5 Å². The number of rotatable bonds is 4. The Kier molecular flexibility index (Phi) is 3.85. The predicted octanol–water partition coefficient (Wildman–Crippen LogP) is 4.05. The van der Waals surface area contributed by atoms with Gasteiger partial charge in [0.1, 0.15) is 11.5 Å². The van der Waals surface area contributed by atoms with Crippen LogP contribution in [-0.2, 0) is 6.42 Å². The second kappa shape index (κ2) is 5.57. The van der Waals surface area contributed by atoms with Crippen molar-refractivity contribution in [2.75, 3.05) is 0 Å². The van der Waals surface area contributed by atoms with Crippen molar-refractivity contribution >= 4 is 5.97 Å². The third kappa shape index (κ3) is 3.13. The van der Waals surface area contributed by atoms with Crippen molar-refractivity contribution in [3.05, 3.63) is 59.2 Å². The highest BCUT2D eigenvalue weighted by Gasteiger charge is 2.04. The van der Waals surface area contributed by atoms with Crippen LogP contribution in [-0.4, -0.2) is 11.1 Å². The van der Waals surface area contributed by atoms with Crippen molar-refractivity contribution in [3.63, 3.8) is 0 Å². The number of aromatic carboxylic acids is 1. The first kappa shape index (κ1) is 13.1. The van der Waals surface area contributed by atoms with Crippen LogP contribution in [0.5, 0.6) is 11.5 Å². The molecule has 0 aromatic heterocycles. The van der Waals surface area contributed by atoms with Gasteiger partial charge in [-0.2, -0.15) is 0 Å². The van der Waals surface area contributed by atoms with Gasteiger partial charge in [-0.05, 0) is 60.9 Å². The number of carboxylic acid groups (broad SMARTS) is 1. The average molecular weight is 256 g/mol. The molecule has 0 aliphatic rings. The molecule has 2 aromatic carbocycles. The second-order valence-electron chi connectivity index (χ2n) is 4.37. The first-order chi connectivity index (χ1) is 9.10. The number of ether oxygens (including phenoxy) is 1. The Morgan fingerprint density at radius 2 is 1.74 bits per heavy atom. The summed E-state index contributed by atoms with van der Waals surface area (Å²) < 4.78 is 5.72. The molecule has 0 spiro atoms. The number of carboxylic acids is 1. The molecule has 0 saturated carbocycles. The van der Waals surface area contributed by atoms with Crippen LogP contribution in [0, 0.1) is 6.92 Å². The van der Waals surface area contributed by atoms with E-state index in [1.165, 1.54) is 23.3 Å². The number of benzene rings is 2. The van der Waals surface area contributed by atoms with Crippen LogP contribution in [0.3, 0.4) is 0 Å². The molecule has 0 amide bonds. The smallest absolute Gasteiger partial charge is 0.335 e. The van der Waals surface area contributed by atoms with Crippen molar-refractivity contribution in [2.24, 2.45) is 0 Å². The number of aryl methyl sites for hydroxylation is 2. The van der Waals surface area contributed by atoms with Gasteiger partial charge in [0.05, 0.1) is 5.56 Å². The summed E-state index contributed by atoms with van der Waals surface area (Å²) in [7, 11) is 0. The van der Waals surface area contributed by atoms with E-state index >= 15 is 0 Å². The van der Waals surface area contributed by atoms with Crippen LogP contribution >= 0.6 is 0 Å². The molecular weight excluding hydrogens is 240 g/mol. The van der Waals surface area contributed by atoms with Gasteiger partial charge >= 0.3 is 5.97 Å². The third-order valence-corrected chi connectivity index (χ3v) is 3.04. The monoisotopic (exact) mass is 256 g/mol. The van der Waals surface area contributed by atoms with E-state index < -0.39 is 5.97 Å². The molecule has 3 heteroatoms. The quantitative estimate of drug-likeness (QED) is 0.897. The first-order valence-corrected chi connectivity index (χ1v) is 6.21. The normalized spacial score (nSPS) is 10.2. The molecule has 0 radical (unpaired) electrons. The summed E-state index contributed by atoms with van der Waals surface area (Å²) in [6, 6.07) is 12.4. The van der Waals surface area contributed by atoms with Crippen molar-refractivity contribution in [3.8, 4) is 11.5 Å². The molecule has 1 N–H and O–H groups in total. The van der Waals surface area contributed by atoms with Crippen LogP contribution in [0.2, 0.25) is 0 Å². The van der Waals surface area contributed by atoms with Gasteiger partial charge in [-0.15, -0.1) is 0 Å². The molecule has 0 fully saturated rings. The van der Waals surface area contributed by atoms with Gasteiger partial charge in [0.15, 0.2) is 0 Å². The zero-order valence-corrected chi connectivity index (χ0v) is 11.0. The molecule has 2 rings (SSSR count). The van der Waals surface area contributed by atoms with Crippen molar-refractivity contribution < 1.29 is 14.6 Å². The van der Waals surface area contributed by atoms with Crippen LogP contribution in [0.4, 0.5) is 0 Å². The molecule has 98 valence electrons. The molecule has 0 saturated heterocycles. The van der Waals surface area contributed by atoms with E-state index in [2.05, 4.69) is 13.8 Å². The highest BCUT2D eigenvalue weighted by Crippen LogP contribution is 2.24. The van der Waals surface area contributed by atoms with Gasteiger partial charge in [-0.1, -0.05) is 13.0 Å². The fourth-order valence-corrected chi connectivity index (χ4v) is 1.89. The van der Waals surface area contributed by atoms with Crippen molar-refractivity contribution in [1.29, 1.82) is 0 Å². The van der Waals surface area contributed by atoms with E-state index in [1.54, 1.807) is 12.1 Å². The van der Waals surface area contributed by atoms with Crippen LogP contribution in [0.25, 0.3) is 0 Å². The average Bonchev–Trinajstić information content (AvgIpc) is 2.41. The van der Waals surface area contributed by atoms with Crippen LogP contribution in [0.15, 0.2) is 42.5 Å². The van der Waals surface area contributed by atoms with E-state index in [-0.39, 0.29) is 5.56 Å². The Morgan fingerprint density at radius 1 is 1.11 bits per heavy atom. The van der Waals surface area contributed by atoms with Crippen molar-refractivity contribution in [1.82, 2.24) is 0 Å². The van der Waals surface area contributed by atoms with Crippen molar-refractivity contribution in [2.45, 2.75) is 20.3 Å². The summed E-state index contributed by atoms with van der Waals surface area (Å²) in [4.78, 5) is 10.8. The van der Waals surface area contributed by atoms with E-state index in [9.17, 15) is 4.79 Å². The van der Waals surface area contributed by atoms with E-state index in [1.807, 2.05) is 18.2 Å². The number of hydrogen-bond donors (Lipinski definition) is 1. The highest BCUT2D eigenvalue weighted by atomic mass is 16.5. The van der Waals surface area contributed by atoms with E-state index in [0.717, 1.165) is 12.2 Å². The molecule has 0 atom stereocenters. The third-order valence-electron chi connectivity index (χ3n) is 3.04. The summed E-state index contributed by atoms with van der Waals surface area (Å²) in [5, 5.41) is 8.82. The minimum absolute atomic E-state index is 0.255. The molecule has 2 aromatic rings. The summed E-state index contributed by atoms with van der Waals surface area (Å²) in [5.41, 5.74) is 2.75. The molecule has 0 aliphatic heterocycles. The number of hydrogen-bond acceptors (Lipinski definition) is 2. The van der Waals surface area contributed by atoms with E-state index in [4.69, 9.17) is 9.84 Å². The second-order valence-corrected chi connectivity index (χ2v) is 4.37. The molecular formula is C16H16O3. The molecule has 0 aliphatic carbocycles. The lowest BCUT2D eigenvalue weighted by Crippen LogP contribution is -1.95. The fourth-order valence-electron chi connectivity index (χ4n) is 1.89. The van der Waals surface area contributed by atoms with Crippen LogP contribution in [0.1, 0.15) is 28.4 Å². The molecule has 19 heavy (non-hydrogen) atoms. The predicted molar refractivity (Wildman–Crippen MR) is 74.0 cm³/mol. The largest absolute Gasteiger partial charge is 0.478 e. The minimum atomic E-state index is -0.935. The molecule has 0 unspecified atom stereocenters. The van der Waals surface area contributed by atoms with Gasteiger partial charge in [0.25, 0.3) is 0 Å². The lowest BCUT2D eigenvalue weighted by Gasteiger charge is -2.09. The van der Waals surface area contributed by atoms with Gasteiger partial charge in [-0.25, -0.2) is 4.79 Å². The number of carbonyl (C=O) groups is 1. The fraction of sp³-hybridized carbons (Fsp3) is 0.188. The minimum Gasteiger partial charge on any atom is -0.478 e. The Labute approximate surface area is 112 Å². The maximum atomic E-state index is 10.8. The SMILES string of the molecule is CCc1cc(Oc2ccc(C(=O)O)cc2)ccc1C. The summed E-state index contributed by atoms with van der Waals surface area (Å²) in [5.74, 6) is 0.469. The Balaban J connectivity index is 2.19. The standard InChI is InChI=1S/C16H16O3/c1-3-12-10-15(7-4-11(12)2)19-14-8-5-13(6-9-14)16(17)18/h4-10H,3H2,1-2H3,(H,17,18). The lowest BCUT2D eigenvalue weighted by atomic mass is 10.1. The molecule has 0 heterocycles.